The van der Waals surface area contributed by atoms with Crippen molar-refractivity contribution in [3.05, 3.63) is 120 Å². The van der Waals surface area contributed by atoms with E-state index in [1.807, 2.05) is 72.8 Å². The van der Waals surface area contributed by atoms with Crippen molar-refractivity contribution in [2.75, 3.05) is 47.7 Å². The van der Waals surface area contributed by atoms with Gasteiger partial charge in [-0.1, -0.05) is 85.0 Å². The number of anilines is 2. The summed E-state index contributed by atoms with van der Waals surface area (Å²) in [6.07, 6.45) is 7.47. The van der Waals surface area contributed by atoms with E-state index in [1.54, 1.807) is 18.2 Å². The molecule has 0 saturated heterocycles. The Morgan fingerprint density at radius 1 is 0.714 bits per heavy atom. The smallest absolute Gasteiger partial charge is 0.189 e. The molecule has 4 rings (SSSR count). The molecule has 1 unspecified atom stereocenters. The molecular weight excluding hydrogens is 583 g/mol. The van der Waals surface area contributed by atoms with Gasteiger partial charge in [0.15, 0.2) is 9.84 Å². The first-order valence-corrected chi connectivity index (χ1v) is 16.9. The number of benzene rings is 4. The summed E-state index contributed by atoms with van der Waals surface area (Å²) in [6.45, 7) is 7.42. The molecule has 0 aromatic heterocycles. The van der Waals surface area contributed by atoms with E-state index in [4.69, 9.17) is 23.2 Å². The van der Waals surface area contributed by atoms with E-state index >= 15 is 0 Å². The van der Waals surface area contributed by atoms with Crippen LogP contribution in [0.15, 0.2) is 114 Å². The molecule has 0 aliphatic heterocycles. The summed E-state index contributed by atoms with van der Waals surface area (Å²) >= 11 is 11.9. The second-order valence-corrected chi connectivity index (χ2v) is 12.7. The molecule has 1 atom stereocenters. The number of alkyl halides is 2. The maximum absolute atomic E-state index is 14.3. The van der Waals surface area contributed by atoms with E-state index in [1.165, 1.54) is 0 Å². The standard InChI is InChI=1S/C35H38Cl2N2O2S/c1-3-38(26-24-36)31-20-16-28(17-21-31)10-5-8-14-34(30-18-22-32(23-19-30)39(4-2)27-25-37)42(40,41)35-15-9-12-29-11-6-7-13-33(29)35/h5-23,34H,3-4,24-27H2,1-2H3. The molecule has 0 amide bonds. The zero-order chi connectivity index (χ0) is 30.0. The van der Waals surface area contributed by atoms with Crippen LogP contribution in [0.4, 0.5) is 11.4 Å². The minimum atomic E-state index is -3.77. The first kappa shape index (κ1) is 31.7. The molecule has 4 aromatic rings. The van der Waals surface area contributed by atoms with E-state index in [-0.39, 0.29) is 0 Å². The van der Waals surface area contributed by atoms with E-state index in [0.29, 0.717) is 22.2 Å². The molecule has 220 valence electrons. The van der Waals surface area contributed by atoms with Crippen LogP contribution >= 0.6 is 23.2 Å². The Bertz CT molecular complexity index is 1600. The van der Waals surface area contributed by atoms with Crippen LogP contribution in [0.1, 0.15) is 30.2 Å². The van der Waals surface area contributed by atoms with Crippen molar-refractivity contribution in [1.82, 2.24) is 0 Å². The lowest BCUT2D eigenvalue weighted by Gasteiger charge is -2.23. The molecule has 0 N–H and O–H groups in total. The Morgan fingerprint density at radius 3 is 1.88 bits per heavy atom. The van der Waals surface area contributed by atoms with Gasteiger partial charge in [-0.3, -0.25) is 0 Å². The average Bonchev–Trinajstić information content (AvgIpc) is 3.02. The van der Waals surface area contributed by atoms with Gasteiger partial charge in [-0.25, -0.2) is 8.42 Å². The molecular formula is C35H38Cl2N2O2S. The van der Waals surface area contributed by atoms with Gasteiger partial charge in [-0.05, 0) is 60.7 Å². The molecule has 0 fully saturated rings. The zero-order valence-electron chi connectivity index (χ0n) is 24.2. The van der Waals surface area contributed by atoms with Gasteiger partial charge in [-0.15, -0.1) is 23.2 Å². The number of rotatable bonds is 14. The summed E-state index contributed by atoms with van der Waals surface area (Å²) in [7, 11) is -3.77. The summed E-state index contributed by atoms with van der Waals surface area (Å²) in [6, 6.07) is 29.1. The van der Waals surface area contributed by atoms with E-state index in [0.717, 1.165) is 53.9 Å². The third-order valence-corrected chi connectivity index (χ3v) is 9.80. The largest absolute Gasteiger partial charge is 0.371 e. The Morgan fingerprint density at radius 2 is 1.29 bits per heavy atom. The first-order chi connectivity index (χ1) is 20.4. The van der Waals surface area contributed by atoms with Crippen LogP contribution < -0.4 is 9.80 Å². The third kappa shape index (κ3) is 7.57. The van der Waals surface area contributed by atoms with Crippen LogP contribution in [-0.2, 0) is 9.84 Å². The summed E-state index contributed by atoms with van der Waals surface area (Å²) in [4.78, 5) is 4.72. The first-order valence-electron chi connectivity index (χ1n) is 14.3. The fourth-order valence-electron chi connectivity index (χ4n) is 5.12. The second kappa shape index (κ2) is 15.3. The quantitative estimate of drug-likeness (QED) is 0.104. The molecule has 0 aliphatic rings. The topological polar surface area (TPSA) is 40.6 Å². The van der Waals surface area contributed by atoms with Crippen LogP contribution in [-0.4, -0.2) is 46.4 Å². The van der Waals surface area contributed by atoms with Crippen LogP contribution in [0.2, 0.25) is 0 Å². The molecule has 7 heteroatoms. The highest BCUT2D eigenvalue weighted by atomic mass is 35.5. The number of sulfone groups is 1. The second-order valence-electron chi connectivity index (χ2n) is 9.91. The van der Waals surface area contributed by atoms with Gasteiger partial charge in [0.05, 0.1) is 4.90 Å². The predicted octanol–water partition coefficient (Wildman–Crippen LogP) is 8.75. The number of nitrogens with zero attached hydrogens (tertiary/aromatic N) is 2. The molecule has 0 heterocycles. The molecule has 0 bridgehead atoms. The summed E-state index contributed by atoms with van der Waals surface area (Å²) < 4.78 is 28.5. The molecule has 0 spiro atoms. The van der Waals surface area contributed by atoms with Crippen molar-refractivity contribution in [2.45, 2.75) is 24.0 Å². The zero-order valence-corrected chi connectivity index (χ0v) is 26.5. The lowest BCUT2D eigenvalue weighted by Crippen LogP contribution is -2.24. The SMILES string of the molecule is CCN(CCCl)c1ccc(C=CC=CC(c2ccc(N(CC)CCCl)cc2)S(=O)(=O)c2cccc3ccccc23)cc1. The van der Waals surface area contributed by atoms with Crippen molar-refractivity contribution in [2.24, 2.45) is 0 Å². The number of fused-ring (bicyclic) bond motifs is 1. The molecule has 0 aliphatic carbocycles. The highest BCUT2D eigenvalue weighted by Crippen LogP contribution is 2.35. The van der Waals surface area contributed by atoms with E-state index in [2.05, 4.69) is 47.9 Å². The normalized spacial score (nSPS) is 12.8. The minimum absolute atomic E-state index is 0.327. The van der Waals surface area contributed by atoms with Crippen LogP contribution in [0, 0.1) is 0 Å². The minimum Gasteiger partial charge on any atom is -0.371 e. The summed E-state index contributed by atoms with van der Waals surface area (Å²) in [5.41, 5.74) is 3.88. The molecule has 42 heavy (non-hydrogen) atoms. The predicted molar refractivity (Wildman–Crippen MR) is 182 cm³/mol. The Hall–Kier alpha value is -3.25. The van der Waals surface area contributed by atoms with Crippen molar-refractivity contribution < 1.29 is 8.42 Å². The Balaban J connectivity index is 1.67. The van der Waals surface area contributed by atoms with Crippen LogP contribution in [0.5, 0.6) is 0 Å². The van der Waals surface area contributed by atoms with Gasteiger partial charge in [0.1, 0.15) is 5.25 Å². The number of hydrogen-bond acceptors (Lipinski definition) is 4. The van der Waals surface area contributed by atoms with Crippen LogP contribution in [0.25, 0.3) is 16.8 Å². The maximum atomic E-state index is 14.3. The summed E-state index contributed by atoms with van der Waals surface area (Å²) in [5.74, 6) is 1.10. The number of halogens is 2. The van der Waals surface area contributed by atoms with Crippen molar-refractivity contribution in [1.29, 1.82) is 0 Å². The van der Waals surface area contributed by atoms with Crippen molar-refractivity contribution in [3.8, 4) is 0 Å². The highest BCUT2D eigenvalue weighted by Gasteiger charge is 2.28. The van der Waals surface area contributed by atoms with Gasteiger partial charge in [0, 0.05) is 54.7 Å². The van der Waals surface area contributed by atoms with Gasteiger partial charge >= 0.3 is 0 Å². The van der Waals surface area contributed by atoms with Crippen molar-refractivity contribution in [3.63, 3.8) is 0 Å². The van der Waals surface area contributed by atoms with Gasteiger partial charge in [0.2, 0.25) is 0 Å². The fourth-order valence-corrected chi connectivity index (χ4v) is 7.38. The van der Waals surface area contributed by atoms with Gasteiger partial charge in [0.25, 0.3) is 0 Å². The fraction of sp³-hybridized carbons (Fsp3) is 0.257. The van der Waals surface area contributed by atoms with Gasteiger partial charge < -0.3 is 9.80 Å². The Labute approximate surface area is 260 Å². The lowest BCUT2D eigenvalue weighted by molar-refractivity contribution is 0.591. The average molecular weight is 622 g/mol. The molecule has 0 saturated carbocycles. The Kier molecular flexibility index (Phi) is 11.5. The maximum Gasteiger partial charge on any atom is 0.189 e. The molecule has 4 nitrogen and oxygen atoms in total. The number of allylic oxidation sites excluding steroid dienone is 2. The van der Waals surface area contributed by atoms with Crippen molar-refractivity contribution >= 4 is 61.3 Å². The number of hydrogen-bond donors (Lipinski definition) is 0. The molecule has 4 aromatic carbocycles. The third-order valence-electron chi connectivity index (χ3n) is 7.39. The van der Waals surface area contributed by atoms with Crippen LogP contribution in [0.3, 0.4) is 0 Å². The van der Waals surface area contributed by atoms with Gasteiger partial charge in [-0.2, -0.15) is 0 Å². The highest BCUT2D eigenvalue weighted by molar-refractivity contribution is 7.92. The van der Waals surface area contributed by atoms with E-state index < -0.39 is 15.1 Å². The van der Waals surface area contributed by atoms with E-state index in [9.17, 15) is 8.42 Å². The lowest BCUT2D eigenvalue weighted by atomic mass is 10.1. The summed E-state index contributed by atoms with van der Waals surface area (Å²) in [5, 5.41) is 0.758. The monoisotopic (exact) mass is 620 g/mol. The molecule has 0 radical (unpaired) electrons.